The highest BCUT2D eigenvalue weighted by atomic mass is 79.9. The molecule has 2 rings (SSSR count). The molecular formula is C11H11BrO3. The number of benzene rings is 1. The molecule has 4 heteroatoms. The van der Waals surface area contributed by atoms with Crippen LogP contribution in [-0.4, -0.2) is 25.1 Å². The van der Waals surface area contributed by atoms with Crippen LogP contribution in [0.5, 0.6) is 5.75 Å². The van der Waals surface area contributed by atoms with Crippen LogP contribution in [0.1, 0.15) is 17.3 Å². The lowest BCUT2D eigenvalue weighted by Crippen LogP contribution is -2.38. The monoisotopic (exact) mass is 270 g/mol. The van der Waals surface area contributed by atoms with Gasteiger partial charge in [-0.2, -0.15) is 0 Å². The Labute approximate surface area is 96.5 Å². The van der Waals surface area contributed by atoms with Crippen LogP contribution in [0.4, 0.5) is 0 Å². The second kappa shape index (κ2) is 4.33. The molecule has 0 saturated carbocycles. The zero-order valence-corrected chi connectivity index (χ0v) is 9.91. The highest BCUT2D eigenvalue weighted by Crippen LogP contribution is 2.28. The molecule has 0 N–H and O–H groups in total. The molecule has 0 spiro atoms. The fourth-order valence-corrected chi connectivity index (χ4v) is 1.75. The predicted molar refractivity (Wildman–Crippen MR) is 59.4 cm³/mol. The van der Waals surface area contributed by atoms with Gasteiger partial charge in [-0.05, 0) is 41.1 Å². The number of carbonyl (C=O) groups excluding carboxylic acids is 1. The molecule has 0 amide bonds. The summed E-state index contributed by atoms with van der Waals surface area (Å²) < 4.78 is 11.5. The molecular weight excluding hydrogens is 260 g/mol. The maximum Gasteiger partial charge on any atom is 0.159 e. The van der Waals surface area contributed by atoms with Crippen molar-refractivity contribution in [1.82, 2.24) is 0 Å². The summed E-state index contributed by atoms with van der Waals surface area (Å²) in [5.74, 6) is 0.808. The average Bonchev–Trinajstić information content (AvgIpc) is 2.12. The zero-order chi connectivity index (χ0) is 10.8. The van der Waals surface area contributed by atoms with Crippen LogP contribution in [0.3, 0.4) is 0 Å². The van der Waals surface area contributed by atoms with E-state index in [-0.39, 0.29) is 11.9 Å². The van der Waals surface area contributed by atoms with Crippen molar-refractivity contribution < 1.29 is 14.3 Å². The number of hydrogen-bond acceptors (Lipinski definition) is 3. The summed E-state index contributed by atoms with van der Waals surface area (Å²) in [5, 5.41) is 0. The summed E-state index contributed by atoms with van der Waals surface area (Å²) in [5.41, 5.74) is 0.680. The van der Waals surface area contributed by atoms with Gasteiger partial charge in [-0.1, -0.05) is 0 Å². The lowest BCUT2D eigenvalue weighted by molar-refractivity contribution is -0.0799. The van der Waals surface area contributed by atoms with Gasteiger partial charge < -0.3 is 9.47 Å². The Hall–Kier alpha value is -0.870. The van der Waals surface area contributed by atoms with Gasteiger partial charge >= 0.3 is 0 Å². The van der Waals surface area contributed by atoms with Crippen molar-refractivity contribution in [2.45, 2.75) is 13.0 Å². The SMILES string of the molecule is CC(=O)c1ccc(OC2COC2)c(Br)c1. The standard InChI is InChI=1S/C11H11BrO3/c1-7(13)8-2-3-11(10(12)4-8)15-9-5-14-6-9/h2-4,9H,5-6H2,1H3. The first kappa shape index (κ1) is 10.6. The van der Waals surface area contributed by atoms with E-state index >= 15 is 0 Å². The van der Waals surface area contributed by atoms with Crippen LogP contribution in [0.25, 0.3) is 0 Å². The lowest BCUT2D eigenvalue weighted by atomic mass is 10.1. The zero-order valence-electron chi connectivity index (χ0n) is 8.33. The van der Waals surface area contributed by atoms with Crippen molar-refractivity contribution in [3.05, 3.63) is 28.2 Å². The molecule has 1 aromatic carbocycles. The van der Waals surface area contributed by atoms with E-state index in [1.807, 2.05) is 0 Å². The number of ether oxygens (including phenoxy) is 2. The Morgan fingerprint density at radius 2 is 2.27 bits per heavy atom. The number of Topliss-reactive ketones (excluding diaryl/α,β-unsaturated/α-hetero) is 1. The Morgan fingerprint density at radius 3 is 2.73 bits per heavy atom. The lowest BCUT2D eigenvalue weighted by Gasteiger charge is -2.27. The van der Waals surface area contributed by atoms with Crippen molar-refractivity contribution in [2.24, 2.45) is 0 Å². The van der Waals surface area contributed by atoms with E-state index in [1.165, 1.54) is 0 Å². The minimum Gasteiger partial charge on any atom is -0.484 e. The molecule has 0 aromatic heterocycles. The normalized spacial score (nSPS) is 15.9. The quantitative estimate of drug-likeness (QED) is 0.792. The van der Waals surface area contributed by atoms with Gasteiger partial charge in [0.1, 0.15) is 11.9 Å². The van der Waals surface area contributed by atoms with Gasteiger partial charge in [-0.15, -0.1) is 0 Å². The molecule has 0 bridgehead atoms. The molecule has 1 fully saturated rings. The van der Waals surface area contributed by atoms with Crippen LogP contribution in [0, 0.1) is 0 Å². The highest BCUT2D eigenvalue weighted by molar-refractivity contribution is 9.10. The number of halogens is 1. The molecule has 80 valence electrons. The molecule has 1 aromatic rings. The third-order valence-electron chi connectivity index (χ3n) is 2.24. The smallest absolute Gasteiger partial charge is 0.159 e. The van der Waals surface area contributed by atoms with Gasteiger partial charge in [0.05, 0.1) is 17.7 Å². The summed E-state index contributed by atoms with van der Waals surface area (Å²) in [7, 11) is 0. The van der Waals surface area contributed by atoms with Crippen LogP contribution in [0.15, 0.2) is 22.7 Å². The van der Waals surface area contributed by atoms with E-state index in [0.29, 0.717) is 18.8 Å². The van der Waals surface area contributed by atoms with Crippen molar-refractivity contribution in [2.75, 3.05) is 13.2 Å². The summed E-state index contributed by atoms with van der Waals surface area (Å²) >= 11 is 3.38. The van der Waals surface area contributed by atoms with Crippen molar-refractivity contribution in [3.8, 4) is 5.75 Å². The molecule has 1 saturated heterocycles. The van der Waals surface area contributed by atoms with Gasteiger partial charge in [0.2, 0.25) is 0 Å². The van der Waals surface area contributed by atoms with Gasteiger partial charge in [0.15, 0.2) is 5.78 Å². The first-order valence-corrected chi connectivity index (χ1v) is 5.51. The number of carbonyl (C=O) groups is 1. The summed E-state index contributed by atoms with van der Waals surface area (Å²) in [6.07, 6.45) is 0.143. The van der Waals surface area contributed by atoms with E-state index in [0.717, 1.165) is 10.2 Å². The van der Waals surface area contributed by atoms with E-state index in [9.17, 15) is 4.79 Å². The van der Waals surface area contributed by atoms with Gasteiger partial charge in [0, 0.05) is 5.56 Å². The second-order valence-electron chi connectivity index (χ2n) is 3.48. The predicted octanol–water partition coefficient (Wildman–Crippen LogP) is 2.43. The first-order valence-electron chi connectivity index (χ1n) is 4.71. The van der Waals surface area contributed by atoms with Gasteiger partial charge in [0.25, 0.3) is 0 Å². The Balaban J connectivity index is 2.14. The fraction of sp³-hybridized carbons (Fsp3) is 0.364. The Kier molecular flexibility index (Phi) is 3.07. The van der Waals surface area contributed by atoms with E-state index in [1.54, 1.807) is 25.1 Å². The molecule has 3 nitrogen and oxygen atoms in total. The maximum atomic E-state index is 11.1. The van der Waals surface area contributed by atoms with Crippen LogP contribution in [-0.2, 0) is 4.74 Å². The molecule has 15 heavy (non-hydrogen) atoms. The van der Waals surface area contributed by atoms with Crippen molar-refractivity contribution in [1.29, 1.82) is 0 Å². The summed E-state index contributed by atoms with van der Waals surface area (Å²) in [6.45, 7) is 2.82. The summed E-state index contributed by atoms with van der Waals surface area (Å²) in [6, 6.07) is 5.35. The van der Waals surface area contributed by atoms with Crippen LogP contribution in [0.2, 0.25) is 0 Å². The summed E-state index contributed by atoms with van der Waals surface area (Å²) in [4.78, 5) is 11.1. The molecule has 1 aliphatic heterocycles. The topological polar surface area (TPSA) is 35.5 Å². The molecule has 0 atom stereocenters. The third kappa shape index (κ3) is 2.38. The van der Waals surface area contributed by atoms with Crippen molar-refractivity contribution >= 4 is 21.7 Å². The fourth-order valence-electron chi connectivity index (χ4n) is 1.28. The number of rotatable bonds is 3. The van der Waals surface area contributed by atoms with E-state index in [2.05, 4.69) is 15.9 Å². The Morgan fingerprint density at radius 1 is 1.53 bits per heavy atom. The number of ketones is 1. The molecule has 0 radical (unpaired) electrons. The van der Waals surface area contributed by atoms with Crippen LogP contribution < -0.4 is 4.74 Å². The molecule has 0 aliphatic carbocycles. The number of hydrogen-bond donors (Lipinski definition) is 0. The minimum atomic E-state index is 0.0502. The second-order valence-corrected chi connectivity index (χ2v) is 4.33. The van der Waals surface area contributed by atoms with Gasteiger partial charge in [-0.25, -0.2) is 0 Å². The average molecular weight is 271 g/mol. The van der Waals surface area contributed by atoms with Crippen molar-refractivity contribution in [3.63, 3.8) is 0 Å². The molecule has 1 aliphatic rings. The molecule has 0 unspecified atom stereocenters. The molecule has 1 heterocycles. The Bertz CT molecular complexity index is 385. The van der Waals surface area contributed by atoms with E-state index in [4.69, 9.17) is 9.47 Å². The van der Waals surface area contributed by atoms with Gasteiger partial charge in [-0.3, -0.25) is 4.79 Å². The largest absolute Gasteiger partial charge is 0.484 e. The maximum absolute atomic E-state index is 11.1. The highest BCUT2D eigenvalue weighted by Gasteiger charge is 2.21. The first-order chi connectivity index (χ1) is 7.16. The van der Waals surface area contributed by atoms with Crippen LogP contribution >= 0.6 is 15.9 Å². The van der Waals surface area contributed by atoms with E-state index < -0.39 is 0 Å². The minimum absolute atomic E-state index is 0.0502. The third-order valence-corrected chi connectivity index (χ3v) is 2.86.